The van der Waals surface area contributed by atoms with Crippen molar-refractivity contribution in [3.63, 3.8) is 0 Å². The van der Waals surface area contributed by atoms with Gasteiger partial charge in [0.2, 0.25) is 5.91 Å². The van der Waals surface area contributed by atoms with Crippen molar-refractivity contribution >= 4 is 5.91 Å². The van der Waals surface area contributed by atoms with Crippen molar-refractivity contribution in [2.24, 2.45) is 5.92 Å². The minimum absolute atomic E-state index is 0.0377. The molecule has 1 aromatic rings. The normalized spacial score (nSPS) is 17.4. The van der Waals surface area contributed by atoms with Crippen molar-refractivity contribution in [1.29, 1.82) is 0 Å². The fourth-order valence-corrected chi connectivity index (χ4v) is 3.34. The van der Waals surface area contributed by atoms with Gasteiger partial charge in [-0.3, -0.25) is 9.69 Å². The topological polar surface area (TPSA) is 60.0 Å². The standard InChI is InChI=1S/C20H32N2O4/c1-5-6-15(2)20(23)21-14-17(22-9-11-26-12-10-22)16-7-8-18(24-3)19(13-16)25-4/h7-8,13,15,17H,5-6,9-12,14H2,1-4H3,(H,21,23). The third-order valence-corrected chi connectivity index (χ3v) is 4.92. The fourth-order valence-electron chi connectivity index (χ4n) is 3.34. The van der Waals surface area contributed by atoms with Crippen LogP contribution in [0.3, 0.4) is 0 Å². The molecule has 0 bridgehead atoms. The number of nitrogens with zero attached hydrogens (tertiary/aromatic N) is 1. The number of ether oxygens (including phenoxy) is 3. The van der Waals surface area contributed by atoms with E-state index in [1.165, 1.54) is 0 Å². The number of hydrogen-bond donors (Lipinski definition) is 1. The first kappa shape index (κ1) is 20.5. The summed E-state index contributed by atoms with van der Waals surface area (Å²) in [6.07, 6.45) is 1.92. The molecule has 2 rings (SSSR count). The molecule has 0 radical (unpaired) electrons. The molecule has 1 saturated heterocycles. The molecule has 1 heterocycles. The van der Waals surface area contributed by atoms with Crippen molar-refractivity contribution in [3.05, 3.63) is 23.8 Å². The summed E-state index contributed by atoms with van der Waals surface area (Å²) in [6.45, 7) is 7.78. The number of morpholine rings is 1. The molecule has 146 valence electrons. The molecule has 1 amide bonds. The SMILES string of the molecule is CCCC(C)C(=O)NCC(c1ccc(OC)c(OC)c1)N1CCOCC1. The predicted octanol–water partition coefficient (Wildman–Crippen LogP) is 2.63. The van der Waals surface area contributed by atoms with Gasteiger partial charge < -0.3 is 19.5 Å². The molecule has 2 atom stereocenters. The second-order valence-electron chi connectivity index (χ2n) is 6.71. The van der Waals surface area contributed by atoms with Crippen LogP contribution in [-0.2, 0) is 9.53 Å². The van der Waals surface area contributed by atoms with Crippen molar-refractivity contribution in [2.45, 2.75) is 32.7 Å². The molecule has 6 nitrogen and oxygen atoms in total. The summed E-state index contributed by atoms with van der Waals surface area (Å²) >= 11 is 0. The first-order valence-corrected chi connectivity index (χ1v) is 9.42. The second-order valence-corrected chi connectivity index (χ2v) is 6.71. The van der Waals surface area contributed by atoms with Crippen LogP contribution in [0.25, 0.3) is 0 Å². The lowest BCUT2D eigenvalue weighted by Gasteiger charge is -2.35. The van der Waals surface area contributed by atoms with Crippen molar-refractivity contribution in [2.75, 3.05) is 47.1 Å². The minimum atomic E-state index is 0.0377. The quantitative estimate of drug-likeness (QED) is 0.730. The Morgan fingerprint density at radius 2 is 1.92 bits per heavy atom. The summed E-state index contributed by atoms with van der Waals surface area (Å²) < 4.78 is 16.3. The van der Waals surface area contributed by atoms with E-state index in [9.17, 15) is 4.79 Å². The number of nitrogens with one attached hydrogen (secondary N) is 1. The lowest BCUT2D eigenvalue weighted by atomic mass is 10.0. The molecule has 0 aliphatic carbocycles. The monoisotopic (exact) mass is 364 g/mol. The van der Waals surface area contributed by atoms with E-state index in [4.69, 9.17) is 14.2 Å². The van der Waals surface area contributed by atoms with Crippen LogP contribution in [0.2, 0.25) is 0 Å². The number of amides is 1. The largest absolute Gasteiger partial charge is 0.493 e. The highest BCUT2D eigenvalue weighted by atomic mass is 16.5. The zero-order valence-corrected chi connectivity index (χ0v) is 16.4. The summed E-state index contributed by atoms with van der Waals surface area (Å²) in [5, 5.41) is 3.14. The molecule has 1 aliphatic heterocycles. The van der Waals surface area contributed by atoms with Crippen molar-refractivity contribution < 1.29 is 19.0 Å². The predicted molar refractivity (Wildman–Crippen MR) is 102 cm³/mol. The van der Waals surface area contributed by atoms with Crippen molar-refractivity contribution in [1.82, 2.24) is 10.2 Å². The molecule has 6 heteroatoms. The van der Waals surface area contributed by atoms with E-state index in [0.29, 0.717) is 31.3 Å². The van der Waals surface area contributed by atoms with Crippen LogP contribution in [0, 0.1) is 5.92 Å². The van der Waals surface area contributed by atoms with Crippen LogP contribution in [-0.4, -0.2) is 57.9 Å². The number of hydrogen-bond acceptors (Lipinski definition) is 5. The van der Waals surface area contributed by atoms with E-state index in [2.05, 4.69) is 17.1 Å². The Bertz CT molecular complexity index is 573. The van der Waals surface area contributed by atoms with Crippen LogP contribution in [0.15, 0.2) is 18.2 Å². The van der Waals surface area contributed by atoms with Gasteiger partial charge in [0.05, 0.1) is 33.5 Å². The van der Waals surface area contributed by atoms with Crippen LogP contribution in [0.4, 0.5) is 0 Å². The van der Waals surface area contributed by atoms with Gasteiger partial charge in [-0.25, -0.2) is 0 Å². The highest BCUT2D eigenvalue weighted by molar-refractivity contribution is 5.78. The van der Waals surface area contributed by atoms with E-state index in [0.717, 1.165) is 31.5 Å². The zero-order valence-electron chi connectivity index (χ0n) is 16.4. The third kappa shape index (κ3) is 5.35. The van der Waals surface area contributed by atoms with E-state index in [-0.39, 0.29) is 17.9 Å². The summed E-state index contributed by atoms with van der Waals surface area (Å²) in [5.74, 6) is 1.56. The molecular weight excluding hydrogens is 332 g/mol. The fraction of sp³-hybridized carbons (Fsp3) is 0.650. The van der Waals surface area contributed by atoms with Gasteiger partial charge in [-0.15, -0.1) is 0 Å². The Labute approximate surface area is 156 Å². The van der Waals surface area contributed by atoms with Crippen LogP contribution >= 0.6 is 0 Å². The minimum Gasteiger partial charge on any atom is -0.493 e. The maximum atomic E-state index is 12.4. The Morgan fingerprint density at radius 1 is 1.23 bits per heavy atom. The Kier molecular flexibility index (Phi) is 8.19. The maximum Gasteiger partial charge on any atom is 0.222 e. The first-order chi connectivity index (χ1) is 12.6. The van der Waals surface area contributed by atoms with Gasteiger partial charge in [0.15, 0.2) is 11.5 Å². The summed E-state index contributed by atoms with van der Waals surface area (Å²) in [5.41, 5.74) is 1.10. The highest BCUT2D eigenvalue weighted by Crippen LogP contribution is 2.32. The smallest absolute Gasteiger partial charge is 0.222 e. The molecule has 1 fully saturated rings. The molecule has 2 unspecified atom stereocenters. The number of methoxy groups -OCH3 is 2. The molecule has 0 spiro atoms. The number of carbonyl (C=O) groups excluding carboxylic acids is 1. The van der Waals surface area contributed by atoms with Crippen molar-refractivity contribution in [3.8, 4) is 11.5 Å². The zero-order chi connectivity index (χ0) is 18.9. The number of carbonyl (C=O) groups is 1. The van der Waals surface area contributed by atoms with Crippen LogP contribution in [0.1, 0.15) is 38.3 Å². The average Bonchev–Trinajstić information content (AvgIpc) is 2.68. The van der Waals surface area contributed by atoms with Gasteiger partial charge in [-0.2, -0.15) is 0 Å². The number of benzene rings is 1. The Morgan fingerprint density at radius 3 is 2.54 bits per heavy atom. The molecule has 0 aromatic heterocycles. The number of rotatable bonds is 9. The Balaban J connectivity index is 2.17. The van der Waals surface area contributed by atoms with E-state index >= 15 is 0 Å². The summed E-state index contributed by atoms with van der Waals surface area (Å²) in [4.78, 5) is 14.7. The third-order valence-electron chi connectivity index (χ3n) is 4.92. The average molecular weight is 364 g/mol. The highest BCUT2D eigenvalue weighted by Gasteiger charge is 2.25. The van der Waals surface area contributed by atoms with Gasteiger partial charge in [0.1, 0.15) is 0 Å². The molecule has 1 aliphatic rings. The lowest BCUT2D eigenvalue weighted by Crippen LogP contribution is -2.44. The second kappa shape index (κ2) is 10.4. The van der Waals surface area contributed by atoms with E-state index < -0.39 is 0 Å². The van der Waals surface area contributed by atoms with Gasteiger partial charge >= 0.3 is 0 Å². The summed E-state index contributed by atoms with van der Waals surface area (Å²) in [6, 6.07) is 6.05. The molecule has 0 saturated carbocycles. The van der Waals surface area contributed by atoms with Gasteiger partial charge in [-0.05, 0) is 24.1 Å². The molecule has 26 heavy (non-hydrogen) atoms. The first-order valence-electron chi connectivity index (χ1n) is 9.42. The summed E-state index contributed by atoms with van der Waals surface area (Å²) in [7, 11) is 3.27. The van der Waals surface area contributed by atoms with Gasteiger partial charge in [0, 0.05) is 25.6 Å². The molecule has 1 aromatic carbocycles. The maximum absolute atomic E-state index is 12.4. The molecule has 1 N–H and O–H groups in total. The molecular formula is C20H32N2O4. The Hall–Kier alpha value is -1.79. The van der Waals surface area contributed by atoms with Crippen LogP contribution < -0.4 is 14.8 Å². The van der Waals surface area contributed by atoms with Gasteiger partial charge in [-0.1, -0.05) is 26.3 Å². The van der Waals surface area contributed by atoms with Crippen LogP contribution in [0.5, 0.6) is 11.5 Å². The van der Waals surface area contributed by atoms with E-state index in [1.807, 2.05) is 25.1 Å². The lowest BCUT2D eigenvalue weighted by molar-refractivity contribution is -0.125. The van der Waals surface area contributed by atoms with E-state index in [1.54, 1.807) is 14.2 Å². The van der Waals surface area contributed by atoms with Gasteiger partial charge in [0.25, 0.3) is 0 Å².